The van der Waals surface area contributed by atoms with Gasteiger partial charge >= 0.3 is 0 Å². The minimum absolute atomic E-state index is 0.188. The molecule has 0 amide bonds. The van der Waals surface area contributed by atoms with Gasteiger partial charge in [-0.3, -0.25) is 0 Å². The fraction of sp³-hybridized carbons (Fsp3) is 0.200. The Balaban J connectivity index is 3.01. The van der Waals surface area contributed by atoms with Crippen LogP contribution < -0.4 is 0 Å². The van der Waals surface area contributed by atoms with Crippen molar-refractivity contribution in [1.29, 1.82) is 0 Å². The Kier molecular flexibility index (Phi) is 1.32. The predicted octanol–water partition coefficient (Wildman–Crippen LogP) is 0.183. The highest BCUT2D eigenvalue weighted by Gasteiger charge is 2.06. The van der Waals surface area contributed by atoms with E-state index in [1.54, 1.807) is 0 Å². The summed E-state index contributed by atoms with van der Waals surface area (Å²) >= 11 is 0. The average molecular weight is 130 g/mol. The molecule has 0 aromatic carbocycles. The third-order valence-corrected chi connectivity index (χ3v) is 0.944. The van der Waals surface area contributed by atoms with Gasteiger partial charge in [0.1, 0.15) is 0 Å². The highest BCUT2D eigenvalue weighted by atomic mass is 16.5. The summed E-state index contributed by atoms with van der Waals surface area (Å²) in [6.45, 7) is -0.337. The molecule has 0 fully saturated rings. The van der Waals surface area contributed by atoms with Crippen LogP contribution in [-0.2, 0) is 6.61 Å². The maximum absolute atomic E-state index is 8.64. The quantitative estimate of drug-likeness (QED) is 0.507. The monoisotopic (exact) mass is 130 g/mol. The zero-order chi connectivity index (χ0) is 6.85. The molecule has 0 radical (unpaired) electrons. The van der Waals surface area contributed by atoms with Crippen LogP contribution >= 0.6 is 0 Å². The van der Waals surface area contributed by atoms with Gasteiger partial charge in [0.05, 0.1) is 12.2 Å². The Morgan fingerprint density at radius 3 is 2.33 bits per heavy atom. The van der Waals surface area contributed by atoms with Gasteiger partial charge in [-0.2, -0.15) is 0 Å². The Morgan fingerprint density at radius 2 is 2.11 bits per heavy atom. The van der Waals surface area contributed by atoms with Crippen LogP contribution in [0.2, 0.25) is 0 Å². The molecule has 3 N–H and O–H groups in total. The van der Waals surface area contributed by atoms with Gasteiger partial charge in [-0.1, -0.05) is 0 Å². The molecule has 0 spiro atoms. The highest BCUT2D eigenvalue weighted by molar-refractivity contribution is 5.26. The normalized spacial score (nSPS) is 9.89. The number of furan rings is 1. The van der Waals surface area contributed by atoms with Gasteiger partial charge in [0.2, 0.25) is 0 Å². The minimum atomic E-state index is -0.435. The Morgan fingerprint density at radius 1 is 1.44 bits per heavy atom. The molecular weight excluding hydrogens is 124 g/mol. The van der Waals surface area contributed by atoms with Crippen LogP contribution in [0.1, 0.15) is 5.56 Å². The summed E-state index contributed by atoms with van der Waals surface area (Å²) in [6.07, 6.45) is 0. The van der Waals surface area contributed by atoms with Gasteiger partial charge in [-0.05, 0) is 0 Å². The summed E-state index contributed by atoms with van der Waals surface area (Å²) in [6, 6.07) is 1.15. The third-order valence-electron chi connectivity index (χ3n) is 0.944. The summed E-state index contributed by atoms with van der Waals surface area (Å²) in [5, 5.41) is 25.6. The molecule has 1 rings (SSSR count). The molecule has 0 aliphatic rings. The smallest absolute Gasteiger partial charge is 0.290 e. The van der Waals surface area contributed by atoms with Crippen molar-refractivity contribution in [2.75, 3.05) is 0 Å². The maximum Gasteiger partial charge on any atom is 0.290 e. The molecule has 0 aliphatic carbocycles. The van der Waals surface area contributed by atoms with Crippen LogP contribution in [0.5, 0.6) is 11.9 Å². The molecule has 50 valence electrons. The Hall–Kier alpha value is -1.16. The molecule has 1 aromatic heterocycles. The van der Waals surface area contributed by atoms with Crippen molar-refractivity contribution in [2.45, 2.75) is 6.61 Å². The molecule has 9 heavy (non-hydrogen) atoms. The second-order valence-corrected chi connectivity index (χ2v) is 1.57. The lowest BCUT2D eigenvalue weighted by atomic mass is 10.3. The van der Waals surface area contributed by atoms with Gasteiger partial charge in [-0.25, -0.2) is 0 Å². The van der Waals surface area contributed by atoms with Crippen LogP contribution in [0.4, 0.5) is 0 Å². The van der Waals surface area contributed by atoms with Crippen molar-refractivity contribution < 1.29 is 19.7 Å². The van der Waals surface area contributed by atoms with Crippen molar-refractivity contribution in [3.63, 3.8) is 0 Å². The summed E-state index contributed by atoms with van der Waals surface area (Å²) in [5.74, 6) is -0.827. The van der Waals surface area contributed by atoms with Gasteiger partial charge < -0.3 is 19.7 Å². The molecule has 0 atom stereocenters. The number of hydrogen-bond donors (Lipinski definition) is 3. The molecule has 0 saturated carbocycles. The van der Waals surface area contributed by atoms with Crippen LogP contribution in [-0.4, -0.2) is 15.3 Å². The maximum atomic E-state index is 8.64. The van der Waals surface area contributed by atoms with Gasteiger partial charge in [0.15, 0.2) is 0 Å². The van der Waals surface area contributed by atoms with Gasteiger partial charge in [-0.15, -0.1) is 0 Å². The first-order chi connectivity index (χ1) is 4.24. The lowest BCUT2D eigenvalue weighted by Gasteiger charge is -1.84. The van der Waals surface area contributed by atoms with E-state index >= 15 is 0 Å². The lowest BCUT2D eigenvalue weighted by Crippen LogP contribution is -1.75. The summed E-state index contributed by atoms with van der Waals surface area (Å²) in [4.78, 5) is 0. The van der Waals surface area contributed by atoms with Gasteiger partial charge in [0, 0.05) is 6.07 Å². The molecular formula is C5H6O4. The van der Waals surface area contributed by atoms with Crippen molar-refractivity contribution in [3.05, 3.63) is 11.6 Å². The SMILES string of the molecule is OCc1cc(O)oc1O. The number of hydrogen-bond acceptors (Lipinski definition) is 4. The van der Waals surface area contributed by atoms with E-state index in [-0.39, 0.29) is 12.2 Å². The molecule has 0 unspecified atom stereocenters. The second-order valence-electron chi connectivity index (χ2n) is 1.57. The number of rotatable bonds is 1. The van der Waals surface area contributed by atoms with Crippen LogP contribution in [0, 0.1) is 0 Å². The average Bonchev–Trinajstić information content (AvgIpc) is 2.10. The summed E-state index contributed by atoms with van der Waals surface area (Å²) in [7, 11) is 0. The number of aliphatic hydroxyl groups is 1. The van der Waals surface area contributed by atoms with E-state index in [9.17, 15) is 0 Å². The lowest BCUT2D eigenvalue weighted by molar-refractivity contribution is 0.246. The molecule has 0 saturated heterocycles. The van der Waals surface area contributed by atoms with Crippen LogP contribution in [0.15, 0.2) is 10.5 Å². The fourth-order valence-corrected chi connectivity index (χ4v) is 0.518. The van der Waals surface area contributed by atoms with E-state index in [1.165, 1.54) is 0 Å². The topological polar surface area (TPSA) is 73.8 Å². The molecule has 0 bridgehead atoms. The summed E-state index contributed by atoms with van der Waals surface area (Å²) < 4.78 is 4.26. The van der Waals surface area contributed by atoms with E-state index in [4.69, 9.17) is 15.3 Å². The van der Waals surface area contributed by atoms with E-state index in [2.05, 4.69) is 4.42 Å². The molecule has 1 aromatic rings. The Labute approximate surface area is 51.0 Å². The van der Waals surface area contributed by atoms with E-state index in [0.29, 0.717) is 0 Å². The van der Waals surface area contributed by atoms with E-state index in [0.717, 1.165) is 6.07 Å². The minimum Gasteiger partial charge on any atom is -0.481 e. The van der Waals surface area contributed by atoms with Crippen LogP contribution in [0.3, 0.4) is 0 Å². The summed E-state index contributed by atoms with van der Waals surface area (Å²) in [5.41, 5.74) is 0.188. The number of aliphatic hydroxyl groups excluding tert-OH is 1. The standard InChI is InChI=1S/C5H6O4/c6-2-3-1-4(7)9-5(3)8/h1,6-8H,2H2. The molecule has 4 heteroatoms. The van der Waals surface area contributed by atoms with Crippen LogP contribution in [0.25, 0.3) is 0 Å². The zero-order valence-corrected chi connectivity index (χ0v) is 4.53. The molecule has 1 heterocycles. The fourth-order valence-electron chi connectivity index (χ4n) is 0.518. The Bertz CT molecular complexity index is 203. The van der Waals surface area contributed by atoms with Crippen molar-refractivity contribution in [1.82, 2.24) is 0 Å². The second kappa shape index (κ2) is 1.99. The molecule has 0 aliphatic heterocycles. The molecule has 4 nitrogen and oxygen atoms in total. The number of aromatic hydroxyl groups is 2. The first kappa shape index (κ1) is 5.97. The van der Waals surface area contributed by atoms with Crippen molar-refractivity contribution >= 4 is 0 Å². The van der Waals surface area contributed by atoms with Crippen molar-refractivity contribution in [2.24, 2.45) is 0 Å². The first-order valence-corrected chi connectivity index (χ1v) is 2.35. The zero-order valence-electron chi connectivity index (χ0n) is 4.53. The van der Waals surface area contributed by atoms with Gasteiger partial charge in [0.25, 0.3) is 11.9 Å². The van der Waals surface area contributed by atoms with E-state index < -0.39 is 11.9 Å². The first-order valence-electron chi connectivity index (χ1n) is 2.35. The highest BCUT2D eigenvalue weighted by Crippen LogP contribution is 2.25. The largest absolute Gasteiger partial charge is 0.481 e. The third kappa shape index (κ3) is 0.972. The van der Waals surface area contributed by atoms with Crippen molar-refractivity contribution in [3.8, 4) is 11.9 Å². The van der Waals surface area contributed by atoms with E-state index in [1.807, 2.05) is 0 Å². The predicted molar refractivity (Wildman–Crippen MR) is 28.0 cm³/mol.